The molecular formula is C11H16N2O. The molecule has 0 saturated carbocycles. The minimum atomic E-state index is -0.365. The van der Waals surface area contributed by atoms with Gasteiger partial charge in [-0.2, -0.15) is 0 Å². The second-order valence-electron chi connectivity index (χ2n) is 3.80. The van der Waals surface area contributed by atoms with Gasteiger partial charge >= 0.3 is 0 Å². The lowest BCUT2D eigenvalue weighted by molar-refractivity contribution is 0.126. The third kappa shape index (κ3) is 2.30. The number of nitrogens with zero attached hydrogens (tertiary/aromatic N) is 2. The summed E-state index contributed by atoms with van der Waals surface area (Å²) in [6.45, 7) is 3.01. The highest BCUT2D eigenvalue weighted by molar-refractivity contribution is 5.13. The maximum atomic E-state index is 9.91. The maximum Gasteiger partial charge on any atom is 0.0918 e. The van der Waals surface area contributed by atoms with Gasteiger partial charge < -0.3 is 10.0 Å². The number of pyridine rings is 1. The summed E-state index contributed by atoms with van der Waals surface area (Å²) in [7, 11) is 0. The van der Waals surface area contributed by atoms with E-state index in [1.165, 1.54) is 12.8 Å². The Morgan fingerprint density at radius 1 is 1.29 bits per heavy atom. The van der Waals surface area contributed by atoms with Gasteiger partial charge in [-0.3, -0.25) is 4.98 Å². The number of β-amino-alcohol motifs (C(OH)–C–C–N with tert-alkyl or cyclic N) is 1. The standard InChI is InChI=1S/C11H16N2O/c14-11(9-13-7-1-2-8-13)10-3-5-12-6-4-10/h3-6,11,14H,1-2,7-9H2. The van der Waals surface area contributed by atoms with Crippen molar-refractivity contribution in [3.8, 4) is 0 Å². The van der Waals surface area contributed by atoms with E-state index in [0.717, 1.165) is 25.2 Å². The van der Waals surface area contributed by atoms with E-state index in [1.807, 2.05) is 12.1 Å². The maximum absolute atomic E-state index is 9.91. The zero-order valence-corrected chi connectivity index (χ0v) is 8.26. The lowest BCUT2D eigenvalue weighted by atomic mass is 10.1. The van der Waals surface area contributed by atoms with Crippen LogP contribution in [0.15, 0.2) is 24.5 Å². The minimum absolute atomic E-state index is 0.365. The van der Waals surface area contributed by atoms with Gasteiger partial charge in [0, 0.05) is 18.9 Å². The summed E-state index contributed by atoms with van der Waals surface area (Å²) >= 11 is 0. The van der Waals surface area contributed by atoms with Gasteiger partial charge in [-0.25, -0.2) is 0 Å². The van der Waals surface area contributed by atoms with Gasteiger partial charge in [-0.05, 0) is 43.6 Å². The predicted octanol–water partition coefficient (Wildman–Crippen LogP) is 1.21. The largest absolute Gasteiger partial charge is 0.387 e. The third-order valence-corrected chi connectivity index (χ3v) is 2.72. The molecule has 3 nitrogen and oxygen atoms in total. The highest BCUT2D eigenvalue weighted by atomic mass is 16.3. The monoisotopic (exact) mass is 192 g/mol. The van der Waals surface area contributed by atoms with Crippen molar-refractivity contribution in [3.63, 3.8) is 0 Å². The van der Waals surface area contributed by atoms with Crippen molar-refractivity contribution in [2.75, 3.05) is 19.6 Å². The Balaban J connectivity index is 1.92. The van der Waals surface area contributed by atoms with Gasteiger partial charge in [0.2, 0.25) is 0 Å². The summed E-state index contributed by atoms with van der Waals surface area (Å²) in [5.41, 5.74) is 0.965. The van der Waals surface area contributed by atoms with Gasteiger partial charge in [0.15, 0.2) is 0 Å². The highest BCUT2D eigenvalue weighted by Crippen LogP contribution is 2.16. The molecule has 0 amide bonds. The van der Waals surface area contributed by atoms with Crippen molar-refractivity contribution in [1.29, 1.82) is 0 Å². The molecule has 3 heteroatoms. The summed E-state index contributed by atoms with van der Waals surface area (Å²) in [6, 6.07) is 3.75. The van der Waals surface area contributed by atoms with E-state index < -0.39 is 0 Å². The Labute approximate surface area is 84.4 Å². The molecule has 1 aliphatic heterocycles. The van der Waals surface area contributed by atoms with Crippen LogP contribution in [-0.4, -0.2) is 34.6 Å². The van der Waals surface area contributed by atoms with E-state index in [0.29, 0.717) is 0 Å². The molecule has 1 aliphatic rings. The molecule has 2 heterocycles. The molecule has 2 rings (SSSR count). The fourth-order valence-corrected chi connectivity index (χ4v) is 1.90. The molecule has 1 N–H and O–H groups in total. The van der Waals surface area contributed by atoms with Crippen LogP contribution in [0.4, 0.5) is 0 Å². The molecule has 1 fully saturated rings. The number of aromatic nitrogens is 1. The van der Waals surface area contributed by atoms with E-state index in [4.69, 9.17) is 0 Å². The summed E-state index contributed by atoms with van der Waals surface area (Å²) in [5, 5.41) is 9.91. The van der Waals surface area contributed by atoms with Crippen molar-refractivity contribution < 1.29 is 5.11 Å². The number of rotatable bonds is 3. The molecule has 0 bridgehead atoms. The first-order valence-electron chi connectivity index (χ1n) is 5.16. The van der Waals surface area contributed by atoms with Crippen molar-refractivity contribution in [2.45, 2.75) is 18.9 Å². The highest BCUT2D eigenvalue weighted by Gasteiger charge is 2.16. The summed E-state index contributed by atoms with van der Waals surface area (Å²) < 4.78 is 0. The van der Waals surface area contributed by atoms with Crippen molar-refractivity contribution in [1.82, 2.24) is 9.88 Å². The molecular weight excluding hydrogens is 176 g/mol. The lowest BCUT2D eigenvalue weighted by Gasteiger charge is -2.19. The zero-order valence-electron chi connectivity index (χ0n) is 8.26. The van der Waals surface area contributed by atoms with Gasteiger partial charge in [0.1, 0.15) is 0 Å². The van der Waals surface area contributed by atoms with E-state index in [-0.39, 0.29) is 6.10 Å². The van der Waals surface area contributed by atoms with Gasteiger partial charge in [0.25, 0.3) is 0 Å². The number of hydrogen-bond acceptors (Lipinski definition) is 3. The summed E-state index contributed by atoms with van der Waals surface area (Å²) in [6.07, 6.45) is 5.62. The number of likely N-dealkylation sites (tertiary alicyclic amines) is 1. The molecule has 1 unspecified atom stereocenters. The smallest absolute Gasteiger partial charge is 0.0918 e. The van der Waals surface area contributed by atoms with Crippen LogP contribution in [0.3, 0.4) is 0 Å². The molecule has 1 atom stereocenters. The van der Waals surface area contributed by atoms with E-state index in [1.54, 1.807) is 12.4 Å². The van der Waals surface area contributed by atoms with Gasteiger partial charge in [-0.15, -0.1) is 0 Å². The zero-order chi connectivity index (χ0) is 9.80. The molecule has 1 aromatic heterocycles. The van der Waals surface area contributed by atoms with Crippen LogP contribution < -0.4 is 0 Å². The first-order valence-corrected chi connectivity index (χ1v) is 5.16. The normalized spacial score (nSPS) is 19.8. The average Bonchev–Trinajstić information content (AvgIpc) is 2.72. The van der Waals surface area contributed by atoms with Crippen LogP contribution in [0.25, 0.3) is 0 Å². The lowest BCUT2D eigenvalue weighted by Crippen LogP contribution is -2.25. The van der Waals surface area contributed by atoms with E-state index >= 15 is 0 Å². The minimum Gasteiger partial charge on any atom is -0.387 e. The Hall–Kier alpha value is -0.930. The second-order valence-corrected chi connectivity index (χ2v) is 3.80. The fraction of sp³-hybridized carbons (Fsp3) is 0.545. The first kappa shape index (κ1) is 9.62. The molecule has 76 valence electrons. The van der Waals surface area contributed by atoms with Crippen LogP contribution in [-0.2, 0) is 0 Å². The number of aliphatic hydroxyl groups excluding tert-OH is 1. The Bertz CT molecular complexity index is 270. The molecule has 0 aromatic carbocycles. The van der Waals surface area contributed by atoms with Gasteiger partial charge in [-0.1, -0.05) is 0 Å². The van der Waals surface area contributed by atoms with Crippen LogP contribution in [0.2, 0.25) is 0 Å². The molecule has 1 saturated heterocycles. The van der Waals surface area contributed by atoms with Crippen molar-refractivity contribution in [2.24, 2.45) is 0 Å². The first-order chi connectivity index (χ1) is 6.86. The SMILES string of the molecule is OC(CN1CCCC1)c1ccncc1. The van der Waals surface area contributed by atoms with Crippen LogP contribution in [0, 0.1) is 0 Å². The van der Waals surface area contributed by atoms with E-state index in [2.05, 4.69) is 9.88 Å². The second kappa shape index (κ2) is 4.53. The van der Waals surface area contributed by atoms with Crippen LogP contribution in [0.1, 0.15) is 24.5 Å². The van der Waals surface area contributed by atoms with Crippen molar-refractivity contribution >= 4 is 0 Å². The molecule has 14 heavy (non-hydrogen) atoms. The quantitative estimate of drug-likeness (QED) is 0.782. The molecule has 1 aromatic rings. The van der Waals surface area contributed by atoms with E-state index in [9.17, 15) is 5.11 Å². The molecule has 0 radical (unpaired) electrons. The number of hydrogen-bond donors (Lipinski definition) is 1. The average molecular weight is 192 g/mol. The molecule has 0 aliphatic carbocycles. The van der Waals surface area contributed by atoms with Crippen molar-refractivity contribution in [3.05, 3.63) is 30.1 Å². The Morgan fingerprint density at radius 3 is 2.57 bits per heavy atom. The topological polar surface area (TPSA) is 36.4 Å². The Morgan fingerprint density at radius 2 is 1.93 bits per heavy atom. The predicted molar refractivity (Wildman–Crippen MR) is 54.9 cm³/mol. The van der Waals surface area contributed by atoms with Crippen LogP contribution >= 0.6 is 0 Å². The van der Waals surface area contributed by atoms with Gasteiger partial charge in [0.05, 0.1) is 6.10 Å². The number of aliphatic hydroxyl groups is 1. The van der Waals surface area contributed by atoms with Crippen LogP contribution in [0.5, 0.6) is 0 Å². The third-order valence-electron chi connectivity index (χ3n) is 2.72. The Kier molecular flexibility index (Phi) is 3.11. The summed E-state index contributed by atoms with van der Waals surface area (Å²) in [4.78, 5) is 6.25. The summed E-state index contributed by atoms with van der Waals surface area (Å²) in [5.74, 6) is 0. The fourth-order valence-electron chi connectivity index (χ4n) is 1.90. The molecule has 0 spiro atoms.